The fourth-order valence-corrected chi connectivity index (χ4v) is 17.3. The number of aryl methyl sites for hydroxylation is 2. The van der Waals surface area contributed by atoms with Crippen LogP contribution in [-0.2, 0) is 0 Å². The Labute approximate surface area is 520 Å². The first-order chi connectivity index (χ1) is 42.0. The van der Waals surface area contributed by atoms with Gasteiger partial charge in [0.1, 0.15) is 17.7 Å². The Bertz CT molecular complexity index is 3820. The first-order valence-corrected chi connectivity index (χ1v) is 33.3. The van der Waals surface area contributed by atoms with E-state index < -0.39 is 0 Å². The van der Waals surface area contributed by atoms with Crippen LogP contribution in [0.1, 0.15) is 132 Å². The molecular formula is C78H80N6S2. The van der Waals surface area contributed by atoms with Gasteiger partial charge in [0.25, 0.3) is 0 Å². The Balaban J connectivity index is 0.729. The van der Waals surface area contributed by atoms with Crippen LogP contribution < -0.4 is 9.80 Å². The van der Waals surface area contributed by atoms with Gasteiger partial charge in [-0.3, -0.25) is 0 Å². The molecule has 8 aliphatic carbocycles. The van der Waals surface area contributed by atoms with Gasteiger partial charge in [0.05, 0.1) is 23.4 Å². The van der Waals surface area contributed by atoms with E-state index in [2.05, 4.69) is 255 Å². The number of thioether (sulfide) groups is 1. The largest absolute Gasteiger partial charge is 0.365 e. The van der Waals surface area contributed by atoms with Gasteiger partial charge in [-0.05, 0) is 206 Å². The number of allylic oxidation sites excluding steroid dienone is 18. The quantitative estimate of drug-likeness (QED) is 0.0921. The van der Waals surface area contributed by atoms with Gasteiger partial charge >= 0.3 is 0 Å². The molecule has 8 atom stereocenters. The highest BCUT2D eigenvalue weighted by molar-refractivity contribution is 8.03. The molecule has 0 N–H and O–H groups in total. The van der Waals surface area contributed by atoms with Crippen molar-refractivity contribution in [2.75, 3.05) is 9.80 Å². The summed E-state index contributed by atoms with van der Waals surface area (Å²) in [4.78, 5) is 14.1. The van der Waals surface area contributed by atoms with Crippen molar-refractivity contribution in [3.63, 3.8) is 0 Å². The zero-order chi connectivity index (χ0) is 59.0. The molecule has 0 amide bonds. The van der Waals surface area contributed by atoms with Crippen molar-refractivity contribution in [2.24, 2.45) is 17.8 Å². The third-order valence-corrected chi connectivity index (χ3v) is 22.3. The molecule has 8 unspecified atom stereocenters. The van der Waals surface area contributed by atoms with Gasteiger partial charge in [0.2, 0.25) is 0 Å². The number of rotatable bonds is 14. The molecule has 434 valence electrons. The number of hydrogen-bond donors (Lipinski definition) is 0. The van der Waals surface area contributed by atoms with Crippen molar-refractivity contribution in [3.05, 3.63) is 259 Å². The summed E-state index contributed by atoms with van der Waals surface area (Å²) in [5, 5.41) is 21.1. The third kappa shape index (κ3) is 11.7. The topological polar surface area (TPSA) is 60.5 Å². The Morgan fingerprint density at radius 3 is 1.81 bits per heavy atom. The van der Waals surface area contributed by atoms with E-state index in [0.717, 1.165) is 90.7 Å². The maximum Gasteiger partial charge on any atom is 0.134 e. The molecule has 0 radical (unpaired) electrons. The molecule has 2 heterocycles. The highest BCUT2D eigenvalue weighted by Crippen LogP contribution is 2.64. The van der Waals surface area contributed by atoms with E-state index >= 15 is 0 Å². The number of thiophene rings is 1. The van der Waals surface area contributed by atoms with Crippen LogP contribution in [0.5, 0.6) is 0 Å². The number of nitriles is 2. The van der Waals surface area contributed by atoms with E-state index in [1.165, 1.54) is 91.1 Å². The molecule has 4 aromatic rings. The monoisotopic (exact) mass is 1160 g/mol. The van der Waals surface area contributed by atoms with Crippen molar-refractivity contribution in [1.29, 1.82) is 10.5 Å². The molecule has 3 aromatic carbocycles. The second kappa shape index (κ2) is 24.9. The van der Waals surface area contributed by atoms with Gasteiger partial charge in [-0.25, -0.2) is 0 Å². The fourth-order valence-electron chi connectivity index (χ4n) is 14.4. The lowest BCUT2D eigenvalue weighted by Crippen LogP contribution is -2.43. The summed E-state index contributed by atoms with van der Waals surface area (Å²) in [6.07, 6.45) is 53.9. The minimum atomic E-state index is -0.0176. The van der Waals surface area contributed by atoms with E-state index in [1.54, 1.807) is 0 Å². The number of hydrogen-bond acceptors (Lipinski definition) is 8. The summed E-state index contributed by atoms with van der Waals surface area (Å²) >= 11 is 3.78. The lowest BCUT2D eigenvalue weighted by atomic mass is 9.89. The molecule has 0 spiro atoms. The second-order valence-electron chi connectivity index (χ2n) is 25.5. The molecule has 0 saturated heterocycles. The highest BCUT2D eigenvalue weighted by Gasteiger charge is 2.45. The summed E-state index contributed by atoms with van der Waals surface area (Å²) in [6.45, 7) is 13.4. The zero-order valence-corrected chi connectivity index (χ0v) is 52.6. The number of nitrogens with zero attached hydrogens (tertiary/aromatic N) is 6. The minimum Gasteiger partial charge on any atom is -0.365 e. The van der Waals surface area contributed by atoms with Gasteiger partial charge in [-0.15, -0.1) is 23.1 Å². The lowest BCUT2D eigenvalue weighted by Gasteiger charge is -2.44. The van der Waals surface area contributed by atoms with Crippen molar-refractivity contribution in [3.8, 4) is 22.6 Å². The van der Waals surface area contributed by atoms with E-state index in [0.29, 0.717) is 18.0 Å². The van der Waals surface area contributed by atoms with Gasteiger partial charge in [0, 0.05) is 73.2 Å². The Morgan fingerprint density at radius 2 is 1.21 bits per heavy atom. The normalized spacial score (nSPS) is 25.6. The van der Waals surface area contributed by atoms with Crippen LogP contribution in [0.3, 0.4) is 0 Å². The van der Waals surface area contributed by atoms with Crippen LogP contribution >= 0.6 is 23.1 Å². The first-order valence-electron chi connectivity index (χ1n) is 31.7. The molecule has 8 heteroatoms. The molecule has 6 nitrogen and oxygen atoms in total. The fraction of sp³-hybridized carbons (Fsp3) is 0.333. The third-order valence-electron chi connectivity index (χ3n) is 19.4. The number of benzene rings is 3. The van der Waals surface area contributed by atoms with E-state index in [4.69, 9.17) is 0 Å². The van der Waals surface area contributed by atoms with Crippen molar-refractivity contribution >= 4 is 45.7 Å². The predicted octanol–water partition coefficient (Wildman–Crippen LogP) is 20.4. The highest BCUT2D eigenvalue weighted by atomic mass is 32.2. The predicted molar refractivity (Wildman–Crippen MR) is 362 cm³/mol. The standard InChI is InChI=1S/C78H80N6S2/c1-51-7-23-60(24-8-51)81(61-25-9-52(2)10-26-61)68-39-43-70(44-40-68)83(64-31-15-55(5)16-32-64)66-35-19-57(20-36-66)74-47-72-76(59(49-79)50-80)73-48-75(86-78(73)77(72)85-74)58-21-37-67(38-22-58)84(65-33-17-56(6)18-34-65)71-45-41-69(42-46-71)82(62-27-11-53(3)12-28-62)63-29-13-54(4)14-30-63/h7-8,11,13,15-21,23-25,27,31-33,35-41,43,45-48,52,58,63,65,69-70,73,78H,9-10,12,14,22,26,28-30,34,42,44H2,1-6H3. The van der Waals surface area contributed by atoms with Crippen LogP contribution in [0.25, 0.3) is 16.0 Å². The summed E-state index contributed by atoms with van der Waals surface area (Å²) in [5.41, 5.74) is 20.3. The molecule has 86 heavy (non-hydrogen) atoms. The van der Waals surface area contributed by atoms with Gasteiger partial charge in [-0.2, -0.15) is 10.5 Å². The minimum absolute atomic E-state index is 0.0176. The summed E-state index contributed by atoms with van der Waals surface area (Å²) in [6, 6.07) is 35.1. The molecule has 1 aliphatic heterocycles. The van der Waals surface area contributed by atoms with E-state index in [-0.39, 0.29) is 34.7 Å². The van der Waals surface area contributed by atoms with Crippen LogP contribution in [0.2, 0.25) is 0 Å². The molecule has 0 saturated carbocycles. The number of fused-ring (bicyclic) bond motifs is 3. The van der Waals surface area contributed by atoms with Gasteiger partial charge in [-0.1, -0.05) is 150 Å². The zero-order valence-electron chi connectivity index (χ0n) is 50.9. The smallest absolute Gasteiger partial charge is 0.134 e. The molecular weight excluding hydrogens is 1090 g/mol. The number of anilines is 3. The molecule has 0 bridgehead atoms. The van der Waals surface area contributed by atoms with E-state index in [9.17, 15) is 10.5 Å². The average molecular weight is 1170 g/mol. The Morgan fingerprint density at radius 1 is 0.558 bits per heavy atom. The Kier molecular flexibility index (Phi) is 16.6. The Hall–Kier alpha value is -7.75. The van der Waals surface area contributed by atoms with Crippen LogP contribution in [0.4, 0.5) is 17.1 Å². The molecule has 9 aliphatic rings. The lowest BCUT2D eigenvalue weighted by molar-refractivity contribution is 0.188. The summed E-state index contributed by atoms with van der Waals surface area (Å²) < 4.78 is 0. The maximum absolute atomic E-state index is 10.5. The van der Waals surface area contributed by atoms with Gasteiger partial charge in [0.15, 0.2) is 0 Å². The molecule has 0 fully saturated rings. The average Bonchev–Trinajstić information content (AvgIpc) is 1.60. The summed E-state index contributed by atoms with van der Waals surface area (Å²) in [5.74, 6) is 0.914. The van der Waals surface area contributed by atoms with Crippen molar-refractivity contribution in [1.82, 2.24) is 9.80 Å². The van der Waals surface area contributed by atoms with Crippen LogP contribution in [0, 0.1) is 54.3 Å². The van der Waals surface area contributed by atoms with Gasteiger partial charge < -0.3 is 19.6 Å². The van der Waals surface area contributed by atoms with Crippen molar-refractivity contribution < 1.29 is 0 Å². The maximum atomic E-state index is 10.5. The van der Waals surface area contributed by atoms with Crippen molar-refractivity contribution in [2.45, 2.75) is 148 Å². The van der Waals surface area contributed by atoms with Crippen LogP contribution in [-0.4, -0.2) is 34.0 Å². The second-order valence-corrected chi connectivity index (χ2v) is 27.8. The van der Waals surface area contributed by atoms with Crippen LogP contribution in [0.15, 0.2) is 238 Å². The molecule has 13 rings (SSSR count). The summed E-state index contributed by atoms with van der Waals surface area (Å²) in [7, 11) is 0. The SMILES string of the molecule is CC1=CCC(N(C2=CCC(C3=CC4C(=C(C#N)C#N)c5cc(-c6ccc(N(c7ccc(C)cc7)C7C=CC(N(C8=CCC(C)CC8)c8ccc(C)cc8)=CC7)cc6)sc5C4S3)C=C2)C2=CCC(N(C3=CC=C(C)CC3)C3CC=C(C)CC3)C=C2)C=C1. The van der Waals surface area contributed by atoms with E-state index in [1.807, 2.05) is 23.1 Å². The molecule has 1 aromatic heterocycles. The first kappa shape index (κ1) is 57.3.